The van der Waals surface area contributed by atoms with Gasteiger partial charge in [0.25, 0.3) is 0 Å². The largest absolute Gasteiger partial charge is 0.356 e. The second kappa shape index (κ2) is 5.82. The van der Waals surface area contributed by atoms with Crippen LogP contribution in [-0.4, -0.2) is 51.3 Å². The third-order valence-electron chi connectivity index (χ3n) is 4.75. The Bertz CT molecular complexity index is 723. The highest BCUT2D eigenvalue weighted by Crippen LogP contribution is 2.36. The number of hydrogen-bond donors (Lipinski definition) is 0. The van der Waals surface area contributed by atoms with Gasteiger partial charge in [-0.3, -0.25) is 0 Å². The first-order valence-electron chi connectivity index (χ1n) is 8.48. The van der Waals surface area contributed by atoms with Crippen molar-refractivity contribution in [1.29, 1.82) is 0 Å². The monoisotopic (exact) mass is 329 g/mol. The molecule has 7 heteroatoms. The summed E-state index contributed by atoms with van der Waals surface area (Å²) in [4.78, 5) is 11.6. The highest BCUT2D eigenvalue weighted by atomic mass is 16.7. The molecular weight excluding hydrogens is 306 g/mol. The van der Waals surface area contributed by atoms with E-state index in [0.29, 0.717) is 6.61 Å². The van der Waals surface area contributed by atoms with Crippen LogP contribution in [-0.2, 0) is 9.47 Å². The molecule has 1 unspecified atom stereocenters. The summed E-state index contributed by atoms with van der Waals surface area (Å²) in [5, 5.41) is 4.31. The van der Waals surface area contributed by atoms with E-state index in [1.807, 2.05) is 19.2 Å². The topological polar surface area (TPSA) is 65.3 Å². The summed E-state index contributed by atoms with van der Waals surface area (Å²) >= 11 is 0. The van der Waals surface area contributed by atoms with Gasteiger partial charge in [-0.05, 0) is 26.8 Å². The van der Waals surface area contributed by atoms with Crippen molar-refractivity contribution < 1.29 is 9.47 Å². The molecule has 0 aliphatic carbocycles. The lowest BCUT2D eigenvalue weighted by molar-refractivity contribution is -0.178. The maximum atomic E-state index is 6.01. The van der Waals surface area contributed by atoms with Crippen molar-refractivity contribution in [3.05, 3.63) is 29.8 Å². The molecule has 0 radical (unpaired) electrons. The third kappa shape index (κ3) is 2.67. The van der Waals surface area contributed by atoms with E-state index in [9.17, 15) is 0 Å². The second-order valence-corrected chi connectivity index (χ2v) is 6.63. The Balaban J connectivity index is 1.59. The van der Waals surface area contributed by atoms with Crippen molar-refractivity contribution in [2.24, 2.45) is 0 Å². The van der Waals surface area contributed by atoms with Gasteiger partial charge in [-0.15, -0.1) is 0 Å². The Hall–Kier alpha value is -1.99. The molecule has 2 aromatic rings. The minimum Gasteiger partial charge on any atom is -0.356 e. The Morgan fingerprint density at radius 1 is 1.17 bits per heavy atom. The van der Waals surface area contributed by atoms with Crippen molar-refractivity contribution in [3.8, 4) is 5.82 Å². The molecule has 0 N–H and O–H groups in total. The summed E-state index contributed by atoms with van der Waals surface area (Å²) in [5.74, 6) is 2.18. The van der Waals surface area contributed by atoms with Crippen molar-refractivity contribution >= 4 is 5.82 Å². The number of nitrogens with zero attached hydrogens (tertiary/aromatic N) is 5. The van der Waals surface area contributed by atoms with E-state index in [1.54, 1.807) is 10.9 Å². The molecule has 2 fully saturated rings. The second-order valence-electron chi connectivity index (χ2n) is 6.63. The van der Waals surface area contributed by atoms with Crippen LogP contribution in [0.4, 0.5) is 5.82 Å². The molecule has 2 saturated heterocycles. The lowest BCUT2D eigenvalue weighted by Crippen LogP contribution is -2.46. The Labute approximate surface area is 141 Å². The minimum absolute atomic E-state index is 0.186. The SMILES string of the molecule is Cc1nc(N2CCC3(CC2)OCC(C)O3)c(C)c(-n2cccn2)n1. The van der Waals surface area contributed by atoms with Gasteiger partial charge >= 0.3 is 0 Å². The molecule has 2 aliphatic heterocycles. The first-order valence-corrected chi connectivity index (χ1v) is 8.48. The predicted octanol–water partition coefficient (Wildman–Crippen LogP) is 2.01. The van der Waals surface area contributed by atoms with Gasteiger partial charge in [0.1, 0.15) is 11.6 Å². The summed E-state index contributed by atoms with van der Waals surface area (Å²) in [7, 11) is 0. The van der Waals surface area contributed by atoms with Crippen molar-refractivity contribution in [3.63, 3.8) is 0 Å². The quantitative estimate of drug-likeness (QED) is 0.840. The van der Waals surface area contributed by atoms with Crippen LogP contribution in [0.15, 0.2) is 18.5 Å². The normalized spacial score (nSPS) is 23.1. The molecule has 1 atom stereocenters. The average Bonchev–Trinajstić information content (AvgIpc) is 3.21. The molecule has 0 saturated carbocycles. The van der Waals surface area contributed by atoms with Gasteiger partial charge in [-0.25, -0.2) is 14.6 Å². The number of anilines is 1. The van der Waals surface area contributed by atoms with Gasteiger partial charge in [-0.1, -0.05) is 0 Å². The van der Waals surface area contributed by atoms with E-state index < -0.39 is 5.79 Å². The highest BCUT2D eigenvalue weighted by Gasteiger charge is 2.43. The number of rotatable bonds is 2. The number of piperidine rings is 1. The summed E-state index contributed by atoms with van der Waals surface area (Å²) in [6.07, 6.45) is 5.57. The summed E-state index contributed by atoms with van der Waals surface area (Å²) in [5.41, 5.74) is 1.04. The van der Waals surface area contributed by atoms with E-state index in [2.05, 4.69) is 33.8 Å². The van der Waals surface area contributed by atoms with Gasteiger partial charge in [0.15, 0.2) is 11.6 Å². The van der Waals surface area contributed by atoms with E-state index in [-0.39, 0.29) is 6.10 Å². The molecule has 2 aliphatic rings. The van der Waals surface area contributed by atoms with Crippen molar-refractivity contribution in [2.75, 3.05) is 24.6 Å². The van der Waals surface area contributed by atoms with E-state index in [0.717, 1.165) is 49.0 Å². The molecule has 4 heterocycles. The molecule has 0 bridgehead atoms. The van der Waals surface area contributed by atoms with Gasteiger partial charge in [0.2, 0.25) is 0 Å². The van der Waals surface area contributed by atoms with Crippen molar-refractivity contribution in [2.45, 2.75) is 45.5 Å². The number of aromatic nitrogens is 4. The van der Waals surface area contributed by atoms with Crippen molar-refractivity contribution in [1.82, 2.24) is 19.7 Å². The van der Waals surface area contributed by atoms with Crippen LogP contribution in [0.5, 0.6) is 0 Å². The van der Waals surface area contributed by atoms with E-state index in [4.69, 9.17) is 9.47 Å². The van der Waals surface area contributed by atoms with Crippen LogP contribution >= 0.6 is 0 Å². The molecule has 128 valence electrons. The van der Waals surface area contributed by atoms with Gasteiger partial charge in [0, 0.05) is 43.9 Å². The molecular formula is C17H23N5O2. The summed E-state index contributed by atoms with van der Waals surface area (Å²) in [6, 6.07) is 1.90. The van der Waals surface area contributed by atoms with Crippen LogP contribution in [0.1, 0.15) is 31.2 Å². The molecule has 0 amide bonds. The number of hydrogen-bond acceptors (Lipinski definition) is 6. The zero-order valence-electron chi connectivity index (χ0n) is 14.4. The molecule has 2 aromatic heterocycles. The molecule has 4 rings (SSSR count). The third-order valence-corrected chi connectivity index (χ3v) is 4.75. The van der Waals surface area contributed by atoms with Crippen LogP contribution in [0.3, 0.4) is 0 Å². The Morgan fingerprint density at radius 2 is 1.92 bits per heavy atom. The zero-order chi connectivity index (χ0) is 16.7. The fourth-order valence-electron chi connectivity index (χ4n) is 3.55. The van der Waals surface area contributed by atoms with E-state index in [1.165, 1.54) is 0 Å². The Morgan fingerprint density at radius 3 is 2.54 bits per heavy atom. The zero-order valence-corrected chi connectivity index (χ0v) is 14.4. The molecule has 0 aromatic carbocycles. The van der Waals surface area contributed by atoms with Crippen LogP contribution in [0.2, 0.25) is 0 Å². The first kappa shape index (κ1) is 15.5. The van der Waals surface area contributed by atoms with Gasteiger partial charge in [0.05, 0.1) is 12.7 Å². The highest BCUT2D eigenvalue weighted by molar-refractivity contribution is 5.53. The van der Waals surface area contributed by atoms with Crippen LogP contribution in [0, 0.1) is 13.8 Å². The van der Waals surface area contributed by atoms with Crippen LogP contribution < -0.4 is 4.90 Å². The Kier molecular flexibility index (Phi) is 3.77. The maximum Gasteiger partial charge on any atom is 0.172 e. The fourth-order valence-corrected chi connectivity index (χ4v) is 3.55. The maximum absolute atomic E-state index is 6.01. The minimum atomic E-state index is -0.392. The standard InChI is InChI=1S/C17H23N5O2/c1-12-11-23-17(24-12)5-9-21(10-6-17)15-13(2)16(20-14(3)19-15)22-8-4-7-18-22/h4,7-8,12H,5-6,9-11H2,1-3H3. The number of aryl methyl sites for hydroxylation is 1. The summed E-state index contributed by atoms with van der Waals surface area (Å²) in [6.45, 7) is 8.46. The molecule has 24 heavy (non-hydrogen) atoms. The van der Waals surface area contributed by atoms with Gasteiger partial charge in [-0.2, -0.15) is 5.10 Å². The smallest absolute Gasteiger partial charge is 0.172 e. The lowest BCUT2D eigenvalue weighted by Gasteiger charge is -2.39. The first-order chi connectivity index (χ1) is 11.6. The number of ether oxygens (including phenoxy) is 2. The van der Waals surface area contributed by atoms with Gasteiger partial charge < -0.3 is 14.4 Å². The summed E-state index contributed by atoms with van der Waals surface area (Å²) < 4.78 is 13.7. The van der Waals surface area contributed by atoms with E-state index >= 15 is 0 Å². The predicted molar refractivity (Wildman–Crippen MR) is 89.3 cm³/mol. The molecule has 7 nitrogen and oxygen atoms in total. The lowest BCUT2D eigenvalue weighted by atomic mass is 10.0. The average molecular weight is 329 g/mol. The van der Waals surface area contributed by atoms with Crippen LogP contribution in [0.25, 0.3) is 5.82 Å². The fraction of sp³-hybridized carbons (Fsp3) is 0.588. The molecule has 1 spiro atoms.